The van der Waals surface area contributed by atoms with Crippen molar-refractivity contribution in [2.45, 2.75) is 44.8 Å². The summed E-state index contributed by atoms with van der Waals surface area (Å²) in [6, 6.07) is 5.76. The fraction of sp³-hybridized carbons (Fsp3) is 0.524. The van der Waals surface area contributed by atoms with Gasteiger partial charge in [-0.2, -0.15) is 0 Å². The Bertz CT molecular complexity index is 878. The number of hydrogen-bond donors (Lipinski definition) is 2. The van der Waals surface area contributed by atoms with Crippen molar-refractivity contribution in [3.8, 4) is 0 Å². The van der Waals surface area contributed by atoms with E-state index in [0.29, 0.717) is 11.5 Å². The molecule has 0 aliphatic carbocycles. The number of piperidine rings is 1. The maximum Gasteiger partial charge on any atom is 0.256 e. The van der Waals surface area contributed by atoms with E-state index in [1.807, 2.05) is 25.1 Å². The van der Waals surface area contributed by atoms with Crippen LogP contribution in [0, 0.1) is 6.92 Å². The molecule has 1 amide bonds. The molecule has 0 saturated carbocycles. The van der Waals surface area contributed by atoms with Crippen LogP contribution in [0.5, 0.6) is 0 Å². The average molecular weight is 369 g/mol. The minimum Gasteiger partial charge on any atom is -0.377 e. The maximum absolute atomic E-state index is 12.7. The highest BCUT2D eigenvalue weighted by atomic mass is 16.5. The monoisotopic (exact) mass is 369 g/mol. The van der Waals surface area contributed by atoms with E-state index in [9.17, 15) is 9.59 Å². The lowest BCUT2D eigenvalue weighted by molar-refractivity contribution is 0.0612. The van der Waals surface area contributed by atoms with Gasteiger partial charge < -0.3 is 19.9 Å². The number of benzene rings is 1. The second-order valence-electron chi connectivity index (χ2n) is 7.76. The van der Waals surface area contributed by atoms with Gasteiger partial charge >= 0.3 is 0 Å². The molecule has 6 nitrogen and oxygen atoms in total. The van der Waals surface area contributed by atoms with Crippen LogP contribution in [0.4, 0.5) is 0 Å². The molecular weight excluding hydrogens is 342 g/mol. The van der Waals surface area contributed by atoms with Crippen molar-refractivity contribution >= 4 is 16.8 Å². The van der Waals surface area contributed by atoms with Crippen LogP contribution in [0.1, 0.15) is 41.6 Å². The number of aromatic nitrogens is 1. The summed E-state index contributed by atoms with van der Waals surface area (Å²) in [6.45, 7) is 5.73. The van der Waals surface area contributed by atoms with Crippen molar-refractivity contribution in [1.29, 1.82) is 0 Å². The first-order valence-electron chi connectivity index (χ1n) is 9.87. The lowest BCUT2D eigenvalue weighted by Crippen LogP contribution is -2.47. The van der Waals surface area contributed by atoms with Gasteiger partial charge in [-0.15, -0.1) is 0 Å². The normalized spacial score (nSPS) is 21.6. The van der Waals surface area contributed by atoms with Crippen LogP contribution >= 0.6 is 0 Å². The number of nitrogens with zero attached hydrogens (tertiary/aromatic N) is 1. The van der Waals surface area contributed by atoms with Gasteiger partial charge in [-0.25, -0.2) is 0 Å². The summed E-state index contributed by atoms with van der Waals surface area (Å²) in [6.07, 6.45) is 6.03. The third kappa shape index (κ3) is 4.06. The number of H-pyrrole nitrogens is 1. The first-order valence-corrected chi connectivity index (χ1v) is 9.87. The summed E-state index contributed by atoms with van der Waals surface area (Å²) in [4.78, 5) is 30.9. The van der Waals surface area contributed by atoms with Gasteiger partial charge in [0.25, 0.3) is 5.91 Å². The SMILES string of the molecule is Cc1ccc2[nH]cc(C(=O)NC3CCN(C[C@@H]4CCCO4)CC3)c(=O)c2c1. The standard InChI is InChI=1S/C21H27N3O3/c1-14-4-5-19-17(11-14)20(25)18(12-22-19)21(26)23-15-6-8-24(9-7-15)13-16-3-2-10-27-16/h4-5,11-12,15-16H,2-3,6-10,13H2,1H3,(H,22,25)(H,23,26)/t16-/m0/s1. The van der Waals surface area contributed by atoms with Gasteiger partial charge in [0.1, 0.15) is 5.56 Å². The van der Waals surface area contributed by atoms with Crippen molar-refractivity contribution in [2.75, 3.05) is 26.2 Å². The fourth-order valence-corrected chi connectivity index (χ4v) is 4.10. The Morgan fingerprint density at radius 3 is 2.85 bits per heavy atom. The Labute approximate surface area is 158 Å². The largest absolute Gasteiger partial charge is 0.377 e. The smallest absolute Gasteiger partial charge is 0.256 e. The van der Waals surface area contributed by atoms with Gasteiger partial charge in [0.15, 0.2) is 0 Å². The number of fused-ring (bicyclic) bond motifs is 1. The molecule has 2 aliphatic rings. The molecule has 2 saturated heterocycles. The average Bonchev–Trinajstić information content (AvgIpc) is 3.17. The molecule has 6 heteroatoms. The zero-order valence-corrected chi connectivity index (χ0v) is 15.8. The van der Waals surface area contributed by atoms with E-state index in [0.717, 1.165) is 63.0 Å². The number of carbonyl (C=O) groups excluding carboxylic acids is 1. The summed E-state index contributed by atoms with van der Waals surface area (Å²) in [5.74, 6) is -0.280. The lowest BCUT2D eigenvalue weighted by atomic mass is 10.0. The molecule has 4 rings (SSSR count). The van der Waals surface area contributed by atoms with Crippen LogP contribution in [-0.2, 0) is 4.74 Å². The minimum absolute atomic E-state index is 0.117. The molecule has 0 spiro atoms. The highest BCUT2D eigenvalue weighted by molar-refractivity contribution is 5.97. The van der Waals surface area contributed by atoms with Crippen LogP contribution in [0.25, 0.3) is 10.9 Å². The highest BCUT2D eigenvalue weighted by Gasteiger charge is 2.25. The summed E-state index contributed by atoms with van der Waals surface area (Å²) in [5.41, 5.74) is 1.74. The molecule has 1 atom stereocenters. The number of hydrogen-bond acceptors (Lipinski definition) is 4. The van der Waals surface area contributed by atoms with Crippen LogP contribution < -0.4 is 10.7 Å². The fourth-order valence-electron chi connectivity index (χ4n) is 4.10. The number of nitrogens with one attached hydrogen (secondary N) is 2. The third-order valence-electron chi connectivity index (χ3n) is 5.69. The highest BCUT2D eigenvalue weighted by Crippen LogP contribution is 2.17. The van der Waals surface area contributed by atoms with Crippen LogP contribution in [0.3, 0.4) is 0 Å². The molecule has 2 aromatic rings. The van der Waals surface area contributed by atoms with Crippen LogP contribution in [0.15, 0.2) is 29.2 Å². The van der Waals surface area contributed by atoms with Crippen molar-refractivity contribution in [3.05, 3.63) is 45.7 Å². The zero-order chi connectivity index (χ0) is 18.8. The van der Waals surface area contributed by atoms with E-state index in [1.54, 1.807) is 0 Å². The molecule has 2 aliphatic heterocycles. The van der Waals surface area contributed by atoms with Gasteiger partial charge in [-0.3, -0.25) is 9.59 Å². The molecule has 3 heterocycles. The lowest BCUT2D eigenvalue weighted by Gasteiger charge is -2.33. The first-order chi connectivity index (χ1) is 13.1. The van der Waals surface area contributed by atoms with Gasteiger partial charge in [0.2, 0.25) is 5.43 Å². The van der Waals surface area contributed by atoms with Crippen molar-refractivity contribution in [3.63, 3.8) is 0 Å². The minimum atomic E-state index is -0.280. The topological polar surface area (TPSA) is 74.4 Å². The van der Waals surface area contributed by atoms with E-state index in [4.69, 9.17) is 4.74 Å². The summed E-state index contributed by atoms with van der Waals surface area (Å²) >= 11 is 0. The van der Waals surface area contributed by atoms with E-state index in [2.05, 4.69) is 15.2 Å². The number of rotatable bonds is 4. The van der Waals surface area contributed by atoms with Crippen molar-refractivity contribution in [1.82, 2.24) is 15.2 Å². The Balaban J connectivity index is 1.37. The second-order valence-corrected chi connectivity index (χ2v) is 7.76. The molecule has 0 radical (unpaired) electrons. The van der Waals surface area contributed by atoms with E-state index in [-0.39, 0.29) is 22.9 Å². The van der Waals surface area contributed by atoms with E-state index in [1.165, 1.54) is 6.20 Å². The Kier molecular flexibility index (Phi) is 5.27. The molecule has 2 fully saturated rings. The molecule has 1 aromatic carbocycles. The van der Waals surface area contributed by atoms with Crippen LogP contribution in [0.2, 0.25) is 0 Å². The zero-order valence-electron chi connectivity index (χ0n) is 15.8. The van der Waals surface area contributed by atoms with Gasteiger partial charge in [-0.1, -0.05) is 11.6 Å². The molecular formula is C21H27N3O3. The Hall–Kier alpha value is -2.18. The number of ether oxygens (including phenoxy) is 1. The quantitative estimate of drug-likeness (QED) is 0.867. The Morgan fingerprint density at radius 1 is 1.30 bits per heavy atom. The molecule has 0 unspecified atom stereocenters. The number of carbonyl (C=O) groups is 1. The predicted molar refractivity (Wildman–Crippen MR) is 105 cm³/mol. The number of likely N-dealkylation sites (tertiary alicyclic amines) is 1. The molecule has 1 aromatic heterocycles. The Morgan fingerprint density at radius 2 is 2.11 bits per heavy atom. The third-order valence-corrected chi connectivity index (χ3v) is 5.69. The molecule has 27 heavy (non-hydrogen) atoms. The van der Waals surface area contributed by atoms with Crippen molar-refractivity contribution < 1.29 is 9.53 Å². The maximum atomic E-state index is 12.7. The molecule has 0 bridgehead atoms. The number of aromatic amines is 1. The predicted octanol–water partition coefficient (Wildman–Crippen LogP) is 2.21. The molecule has 144 valence electrons. The van der Waals surface area contributed by atoms with E-state index >= 15 is 0 Å². The summed E-state index contributed by atoms with van der Waals surface area (Å²) in [7, 11) is 0. The number of amides is 1. The van der Waals surface area contributed by atoms with Gasteiger partial charge in [0, 0.05) is 49.4 Å². The van der Waals surface area contributed by atoms with Crippen LogP contribution in [-0.4, -0.2) is 54.2 Å². The number of aryl methyl sites for hydroxylation is 1. The van der Waals surface area contributed by atoms with Gasteiger partial charge in [-0.05, 0) is 44.7 Å². The summed E-state index contributed by atoms with van der Waals surface area (Å²) in [5, 5.41) is 3.62. The number of pyridine rings is 1. The molecule has 2 N–H and O–H groups in total. The first kappa shape index (κ1) is 18.2. The van der Waals surface area contributed by atoms with E-state index < -0.39 is 0 Å². The summed E-state index contributed by atoms with van der Waals surface area (Å²) < 4.78 is 5.71. The van der Waals surface area contributed by atoms with Gasteiger partial charge in [0.05, 0.1) is 6.10 Å². The van der Waals surface area contributed by atoms with Crippen molar-refractivity contribution in [2.24, 2.45) is 0 Å². The second kappa shape index (κ2) is 7.82.